The summed E-state index contributed by atoms with van der Waals surface area (Å²) in [5, 5.41) is 3.74. The van der Waals surface area contributed by atoms with Gasteiger partial charge in [0.15, 0.2) is 0 Å². The lowest BCUT2D eigenvalue weighted by atomic mass is 10.1. The van der Waals surface area contributed by atoms with Crippen LogP contribution in [0.25, 0.3) is 0 Å². The van der Waals surface area contributed by atoms with E-state index in [-0.39, 0.29) is 12.0 Å². The number of ether oxygens (including phenoxy) is 1. The van der Waals surface area contributed by atoms with Gasteiger partial charge >= 0.3 is 0 Å². The molecule has 1 atom stereocenters. The predicted octanol–water partition coefficient (Wildman–Crippen LogP) is 3.29. The molecule has 0 radical (unpaired) electrons. The van der Waals surface area contributed by atoms with Crippen molar-refractivity contribution in [2.24, 2.45) is 0 Å². The highest BCUT2D eigenvalue weighted by Gasteiger charge is 2.16. The minimum Gasteiger partial charge on any atom is -0.378 e. The summed E-state index contributed by atoms with van der Waals surface area (Å²) in [5.74, 6) is -0.172. The van der Waals surface area contributed by atoms with Crippen LogP contribution >= 0.6 is 23.2 Å². The van der Waals surface area contributed by atoms with Crippen LogP contribution in [0.15, 0.2) is 18.2 Å². The van der Waals surface area contributed by atoms with Gasteiger partial charge in [-0.25, -0.2) is 0 Å². The molecule has 1 aliphatic rings. The molecule has 1 aromatic carbocycles. The molecule has 1 unspecified atom stereocenters. The number of halogens is 2. The molecule has 0 bridgehead atoms. The molecule has 2 rings (SSSR count). The van der Waals surface area contributed by atoms with Gasteiger partial charge in [-0.3, -0.25) is 4.79 Å². The van der Waals surface area contributed by atoms with Crippen molar-refractivity contribution in [2.75, 3.05) is 13.2 Å². The number of nitrogens with one attached hydrogen (secondary N) is 1. The molecule has 0 saturated carbocycles. The van der Waals surface area contributed by atoms with Gasteiger partial charge in [-0.1, -0.05) is 23.2 Å². The molecule has 0 aliphatic carbocycles. The molecule has 1 amide bonds. The Hall–Kier alpha value is -0.770. The van der Waals surface area contributed by atoms with Crippen LogP contribution in [-0.4, -0.2) is 25.2 Å². The zero-order chi connectivity index (χ0) is 13.0. The van der Waals surface area contributed by atoms with Gasteiger partial charge in [-0.05, 0) is 37.5 Å². The number of hydrogen-bond acceptors (Lipinski definition) is 2. The van der Waals surface area contributed by atoms with Crippen LogP contribution in [0.2, 0.25) is 10.0 Å². The van der Waals surface area contributed by atoms with Crippen molar-refractivity contribution in [3.05, 3.63) is 33.8 Å². The minimum atomic E-state index is -0.172. The summed E-state index contributed by atoms with van der Waals surface area (Å²) in [6.45, 7) is 1.43. The van der Waals surface area contributed by atoms with Crippen LogP contribution in [0, 0.1) is 0 Å². The Morgan fingerprint density at radius 2 is 2.28 bits per heavy atom. The van der Waals surface area contributed by atoms with E-state index < -0.39 is 0 Å². The molecular weight excluding hydrogens is 273 g/mol. The predicted molar refractivity (Wildman–Crippen MR) is 72.4 cm³/mol. The van der Waals surface area contributed by atoms with Gasteiger partial charge in [0.25, 0.3) is 5.91 Å². The Labute approximate surface area is 116 Å². The van der Waals surface area contributed by atoms with E-state index in [1.807, 2.05) is 0 Å². The van der Waals surface area contributed by atoms with Crippen molar-refractivity contribution in [3.8, 4) is 0 Å². The van der Waals surface area contributed by atoms with Crippen molar-refractivity contribution < 1.29 is 9.53 Å². The zero-order valence-electron chi connectivity index (χ0n) is 9.92. The Balaban J connectivity index is 1.83. The van der Waals surface area contributed by atoms with Crippen LogP contribution < -0.4 is 5.32 Å². The number of hydrogen-bond donors (Lipinski definition) is 1. The smallest absolute Gasteiger partial charge is 0.252 e. The van der Waals surface area contributed by atoms with Crippen LogP contribution in [-0.2, 0) is 4.74 Å². The molecule has 98 valence electrons. The number of rotatable bonds is 4. The monoisotopic (exact) mass is 287 g/mol. The Kier molecular flexibility index (Phi) is 4.87. The minimum absolute atomic E-state index is 0.172. The molecule has 1 aliphatic heterocycles. The van der Waals surface area contributed by atoms with Crippen molar-refractivity contribution in [3.63, 3.8) is 0 Å². The normalized spacial score (nSPS) is 18.9. The molecule has 18 heavy (non-hydrogen) atoms. The molecule has 1 fully saturated rings. The fraction of sp³-hybridized carbons (Fsp3) is 0.462. The van der Waals surface area contributed by atoms with Gasteiger partial charge in [-0.15, -0.1) is 0 Å². The van der Waals surface area contributed by atoms with E-state index in [1.54, 1.807) is 18.2 Å². The van der Waals surface area contributed by atoms with Gasteiger partial charge in [-0.2, -0.15) is 0 Å². The van der Waals surface area contributed by atoms with Gasteiger partial charge in [0.05, 0.1) is 16.7 Å². The molecule has 1 aromatic rings. The van der Waals surface area contributed by atoms with Crippen LogP contribution in [0.3, 0.4) is 0 Å². The average Bonchev–Trinajstić information content (AvgIpc) is 2.81. The van der Waals surface area contributed by atoms with Gasteiger partial charge in [0.2, 0.25) is 0 Å². The van der Waals surface area contributed by atoms with Gasteiger partial charge < -0.3 is 10.1 Å². The second-order valence-corrected chi connectivity index (χ2v) is 5.15. The summed E-state index contributed by atoms with van der Waals surface area (Å²) >= 11 is 11.7. The maximum absolute atomic E-state index is 11.9. The van der Waals surface area contributed by atoms with Gasteiger partial charge in [0, 0.05) is 18.2 Å². The van der Waals surface area contributed by atoms with Crippen molar-refractivity contribution >= 4 is 29.1 Å². The highest BCUT2D eigenvalue weighted by Crippen LogP contribution is 2.21. The topological polar surface area (TPSA) is 38.3 Å². The first-order chi connectivity index (χ1) is 8.66. The lowest BCUT2D eigenvalue weighted by Gasteiger charge is -2.10. The second kappa shape index (κ2) is 6.41. The number of benzene rings is 1. The van der Waals surface area contributed by atoms with E-state index in [2.05, 4.69) is 5.32 Å². The Morgan fingerprint density at radius 3 is 2.94 bits per heavy atom. The number of carbonyl (C=O) groups is 1. The van der Waals surface area contributed by atoms with E-state index in [9.17, 15) is 4.79 Å². The SMILES string of the molecule is O=C(NCCC1CCCO1)c1ccc(Cl)cc1Cl. The third-order valence-electron chi connectivity index (χ3n) is 2.95. The van der Waals surface area contributed by atoms with E-state index in [4.69, 9.17) is 27.9 Å². The second-order valence-electron chi connectivity index (χ2n) is 4.30. The third-order valence-corrected chi connectivity index (χ3v) is 3.50. The van der Waals surface area contributed by atoms with Crippen LogP contribution in [0.1, 0.15) is 29.6 Å². The van der Waals surface area contributed by atoms with Crippen LogP contribution in [0.5, 0.6) is 0 Å². The molecule has 1 N–H and O–H groups in total. The van der Waals surface area contributed by atoms with E-state index in [0.717, 1.165) is 25.9 Å². The van der Waals surface area contributed by atoms with Gasteiger partial charge in [0.1, 0.15) is 0 Å². The van der Waals surface area contributed by atoms with Crippen molar-refractivity contribution in [1.82, 2.24) is 5.32 Å². The molecule has 1 saturated heterocycles. The lowest BCUT2D eigenvalue weighted by molar-refractivity contribution is 0.0907. The highest BCUT2D eigenvalue weighted by molar-refractivity contribution is 6.36. The Morgan fingerprint density at radius 1 is 1.44 bits per heavy atom. The largest absolute Gasteiger partial charge is 0.378 e. The van der Waals surface area contributed by atoms with E-state index in [1.165, 1.54) is 0 Å². The number of carbonyl (C=O) groups excluding carboxylic acids is 1. The molecule has 1 heterocycles. The first-order valence-corrected chi connectivity index (χ1v) is 6.77. The lowest BCUT2D eigenvalue weighted by Crippen LogP contribution is -2.27. The summed E-state index contributed by atoms with van der Waals surface area (Å²) in [4.78, 5) is 11.9. The molecular formula is C13H15Cl2NO2. The Bertz CT molecular complexity index is 431. The first kappa shape index (κ1) is 13.7. The number of amides is 1. The molecule has 3 nitrogen and oxygen atoms in total. The first-order valence-electron chi connectivity index (χ1n) is 6.01. The summed E-state index contributed by atoms with van der Waals surface area (Å²) in [7, 11) is 0. The highest BCUT2D eigenvalue weighted by atomic mass is 35.5. The zero-order valence-corrected chi connectivity index (χ0v) is 11.4. The summed E-state index contributed by atoms with van der Waals surface area (Å²) in [5.41, 5.74) is 0.452. The van der Waals surface area contributed by atoms with Crippen molar-refractivity contribution in [1.29, 1.82) is 0 Å². The molecule has 5 heteroatoms. The quantitative estimate of drug-likeness (QED) is 0.923. The van der Waals surface area contributed by atoms with E-state index in [0.29, 0.717) is 22.2 Å². The summed E-state index contributed by atoms with van der Waals surface area (Å²) < 4.78 is 5.49. The molecule has 0 spiro atoms. The standard InChI is InChI=1S/C13H15Cl2NO2/c14-9-3-4-11(12(15)8-9)13(17)16-6-5-10-2-1-7-18-10/h3-4,8,10H,1-2,5-7H2,(H,16,17). The van der Waals surface area contributed by atoms with E-state index >= 15 is 0 Å². The third kappa shape index (κ3) is 3.61. The maximum atomic E-state index is 11.9. The fourth-order valence-electron chi connectivity index (χ4n) is 1.99. The molecule has 0 aromatic heterocycles. The maximum Gasteiger partial charge on any atom is 0.252 e. The summed E-state index contributed by atoms with van der Waals surface area (Å²) in [6, 6.07) is 4.85. The average molecular weight is 288 g/mol. The fourth-order valence-corrected chi connectivity index (χ4v) is 2.48. The van der Waals surface area contributed by atoms with Crippen LogP contribution in [0.4, 0.5) is 0 Å². The van der Waals surface area contributed by atoms with Crippen molar-refractivity contribution in [2.45, 2.75) is 25.4 Å². The summed E-state index contributed by atoms with van der Waals surface area (Å²) in [6.07, 6.45) is 3.32.